The van der Waals surface area contributed by atoms with Crippen LogP contribution in [0.3, 0.4) is 0 Å². The highest BCUT2D eigenvalue weighted by molar-refractivity contribution is 5.80. The lowest BCUT2D eigenvalue weighted by Gasteiger charge is -2.12. The van der Waals surface area contributed by atoms with Gasteiger partial charge in [-0.2, -0.15) is 13.2 Å². The lowest BCUT2D eigenvalue weighted by molar-refractivity contribution is -0.176. The van der Waals surface area contributed by atoms with Gasteiger partial charge in [0.25, 0.3) is 0 Å². The van der Waals surface area contributed by atoms with E-state index in [4.69, 9.17) is 0 Å². The SMILES string of the molecule is CN=C(NCc1ccc(COCC(F)(F)F)cc1)NC1CC1C. The van der Waals surface area contributed by atoms with Crippen LogP contribution in [0.2, 0.25) is 0 Å². The molecule has 7 heteroatoms. The number of aliphatic imine (C=N–C) groups is 1. The number of guanidine groups is 1. The highest BCUT2D eigenvalue weighted by Gasteiger charge is 2.33. The summed E-state index contributed by atoms with van der Waals surface area (Å²) >= 11 is 0. The Morgan fingerprint density at radius 1 is 1.26 bits per heavy atom. The average molecular weight is 329 g/mol. The zero-order chi connectivity index (χ0) is 16.9. The molecule has 1 aromatic rings. The molecule has 0 aromatic heterocycles. The molecule has 1 aliphatic rings. The minimum Gasteiger partial charge on any atom is -0.367 e. The van der Waals surface area contributed by atoms with Crippen molar-refractivity contribution in [2.24, 2.45) is 10.9 Å². The second-order valence-electron chi connectivity index (χ2n) is 5.81. The Bertz CT molecular complexity index is 528. The Hall–Kier alpha value is -1.76. The van der Waals surface area contributed by atoms with Crippen molar-refractivity contribution in [1.82, 2.24) is 10.6 Å². The number of nitrogens with zero attached hydrogens (tertiary/aromatic N) is 1. The van der Waals surface area contributed by atoms with E-state index in [1.165, 1.54) is 0 Å². The van der Waals surface area contributed by atoms with Crippen LogP contribution in [0.15, 0.2) is 29.3 Å². The summed E-state index contributed by atoms with van der Waals surface area (Å²) in [5.74, 6) is 1.45. The van der Waals surface area contributed by atoms with Crippen molar-refractivity contribution in [2.75, 3.05) is 13.7 Å². The second-order valence-corrected chi connectivity index (χ2v) is 5.81. The van der Waals surface area contributed by atoms with Crippen LogP contribution in [0.25, 0.3) is 0 Å². The molecule has 2 unspecified atom stereocenters. The summed E-state index contributed by atoms with van der Waals surface area (Å²) in [6.45, 7) is 1.52. The van der Waals surface area contributed by atoms with E-state index in [1.807, 2.05) is 12.1 Å². The Morgan fingerprint density at radius 3 is 2.39 bits per heavy atom. The van der Waals surface area contributed by atoms with E-state index >= 15 is 0 Å². The van der Waals surface area contributed by atoms with Gasteiger partial charge >= 0.3 is 6.18 Å². The van der Waals surface area contributed by atoms with Crippen molar-refractivity contribution in [2.45, 2.75) is 38.7 Å². The van der Waals surface area contributed by atoms with Gasteiger partial charge in [-0.05, 0) is 23.5 Å². The number of rotatable bonds is 6. The maximum Gasteiger partial charge on any atom is 0.411 e. The van der Waals surface area contributed by atoms with Crippen LogP contribution < -0.4 is 10.6 Å². The van der Waals surface area contributed by atoms with Crippen LogP contribution in [-0.2, 0) is 17.9 Å². The van der Waals surface area contributed by atoms with Gasteiger partial charge in [0.15, 0.2) is 5.96 Å². The number of ether oxygens (including phenoxy) is 1. The molecule has 1 fully saturated rings. The summed E-state index contributed by atoms with van der Waals surface area (Å²) in [7, 11) is 1.73. The lowest BCUT2D eigenvalue weighted by Crippen LogP contribution is -2.38. The molecule has 0 bridgehead atoms. The zero-order valence-corrected chi connectivity index (χ0v) is 13.3. The molecular weight excluding hydrogens is 307 g/mol. The quantitative estimate of drug-likeness (QED) is 0.623. The Kier molecular flexibility index (Phi) is 5.87. The summed E-state index contributed by atoms with van der Waals surface area (Å²) in [5.41, 5.74) is 1.74. The molecule has 1 aromatic carbocycles. The molecule has 1 saturated carbocycles. The van der Waals surface area contributed by atoms with Crippen molar-refractivity contribution in [3.05, 3.63) is 35.4 Å². The highest BCUT2D eigenvalue weighted by atomic mass is 19.4. The summed E-state index contributed by atoms with van der Waals surface area (Å²) < 4.78 is 40.6. The molecule has 0 radical (unpaired) electrons. The van der Waals surface area contributed by atoms with Crippen molar-refractivity contribution in [3.63, 3.8) is 0 Å². The number of hydrogen-bond donors (Lipinski definition) is 2. The first-order valence-corrected chi connectivity index (χ1v) is 7.57. The zero-order valence-electron chi connectivity index (χ0n) is 13.3. The van der Waals surface area contributed by atoms with Gasteiger partial charge in [0.2, 0.25) is 0 Å². The summed E-state index contributed by atoms with van der Waals surface area (Å²) in [6, 6.07) is 7.77. The summed E-state index contributed by atoms with van der Waals surface area (Å²) in [4.78, 5) is 4.17. The highest BCUT2D eigenvalue weighted by Crippen LogP contribution is 2.28. The second kappa shape index (κ2) is 7.68. The first-order valence-electron chi connectivity index (χ1n) is 7.57. The third-order valence-corrected chi connectivity index (χ3v) is 3.67. The monoisotopic (exact) mass is 329 g/mol. The van der Waals surface area contributed by atoms with Gasteiger partial charge < -0.3 is 15.4 Å². The van der Waals surface area contributed by atoms with Crippen LogP contribution >= 0.6 is 0 Å². The number of halogens is 3. The molecule has 0 aliphatic heterocycles. The summed E-state index contributed by atoms with van der Waals surface area (Å²) in [6.07, 6.45) is -3.13. The predicted octanol–water partition coefficient (Wildman–Crippen LogP) is 2.84. The van der Waals surface area contributed by atoms with Crippen LogP contribution in [0.5, 0.6) is 0 Å². The average Bonchev–Trinajstić information content (AvgIpc) is 3.18. The molecule has 2 N–H and O–H groups in total. The van der Waals surface area contributed by atoms with Crippen LogP contribution in [0, 0.1) is 5.92 Å². The van der Waals surface area contributed by atoms with Gasteiger partial charge in [0.05, 0.1) is 6.61 Å². The van der Waals surface area contributed by atoms with E-state index in [1.54, 1.807) is 19.2 Å². The molecule has 2 rings (SSSR count). The fourth-order valence-corrected chi connectivity index (χ4v) is 2.12. The van der Waals surface area contributed by atoms with E-state index in [-0.39, 0.29) is 6.61 Å². The normalized spacial score (nSPS) is 21.2. The molecule has 1 aliphatic carbocycles. The van der Waals surface area contributed by atoms with Gasteiger partial charge in [0.1, 0.15) is 6.61 Å². The number of nitrogens with one attached hydrogen (secondary N) is 2. The Morgan fingerprint density at radius 2 is 1.87 bits per heavy atom. The predicted molar refractivity (Wildman–Crippen MR) is 83.1 cm³/mol. The number of alkyl halides is 3. The fraction of sp³-hybridized carbons (Fsp3) is 0.562. The molecule has 23 heavy (non-hydrogen) atoms. The minimum atomic E-state index is -4.29. The third kappa shape index (κ3) is 6.48. The van der Waals surface area contributed by atoms with Gasteiger partial charge in [-0.15, -0.1) is 0 Å². The Balaban J connectivity index is 1.73. The van der Waals surface area contributed by atoms with Gasteiger partial charge in [-0.3, -0.25) is 4.99 Å². The first kappa shape index (κ1) is 17.6. The van der Waals surface area contributed by atoms with Crippen molar-refractivity contribution >= 4 is 5.96 Å². The maximum absolute atomic E-state index is 12.0. The van der Waals surface area contributed by atoms with Crippen LogP contribution in [-0.4, -0.2) is 31.8 Å². The van der Waals surface area contributed by atoms with E-state index in [0.29, 0.717) is 24.1 Å². The maximum atomic E-state index is 12.0. The molecule has 128 valence electrons. The fourth-order valence-electron chi connectivity index (χ4n) is 2.12. The van der Waals surface area contributed by atoms with Gasteiger partial charge in [-0.25, -0.2) is 0 Å². The van der Waals surface area contributed by atoms with Gasteiger partial charge in [0, 0.05) is 19.6 Å². The van der Waals surface area contributed by atoms with E-state index in [2.05, 4.69) is 27.3 Å². The van der Waals surface area contributed by atoms with Gasteiger partial charge in [-0.1, -0.05) is 31.2 Å². The molecule has 0 spiro atoms. The van der Waals surface area contributed by atoms with Crippen LogP contribution in [0.1, 0.15) is 24.5 Å². The van der Waals surface area contributed by atoms with Crippen molar-refractivity contribution < 1.29 is 17.9 Å². The molecule has 2 atom stereocenters. The van der Waals surface area contributed by atoms with E-state index in [9.17, 15) is 13.2 Å². The molecule has 4 nitrogen and oxygen atoms in total. The lowest BCUT2D eigenvalue weighted by atomic mass is 10.1. The van der Waals surface area contributed by atoms with Crippen LogP contribution in [0.4, 0.5) is 13.2 Å². The summed E-state index contributed by atoms with van der Waals surface area (Å²) in [5, 5.41) is 6.55. The van der Waals surface area contributed by atoms with Crippen molar-refractivity contribution in [1.29, 1.82) is 0 Å². The largest absolute Gasteiger partial charge is 0.411 e. The third-order valence-electron chi connectivity index (χ3n) is 3.67. The first-order chi connectivity index (χ1) is 10.9. The number of hydrogen-bond acceptors (Lipinski definition) is 2. The molecular formula is C16H22F3N3O. The number of benzene rings is 1. The molecule has 0 heterocycles. The molecule has 0 saturated heterocycles. The van der Waals surface area contributed by atoms with E-state index in [0.717, 1.165) is 17.9 Å². The smallest absolute Gasteiger partial charge is 0.367 e. The molecule has 0 amide bonds. The van der Waals surface area contributed by atoms with Crippen molar-refractivity contribution in [3.8, 4) is 0 Å². The minimum absolute atomic E-state index is 0.0456. The van der Waals surface area contributed by atoms with E-state index < -0.39 is 12.8 Å². The topological polar surface area (TPSA) is 45.7 Å². The standard InChI is InChI=1S/C16H22F3N3O/c1-11-7-14(11)22-15(20-2)21-8-12-3-5-13(6-4-12)9-23-10-16(17,18)19/h3-6,11,14H,7-10H2,1-2H3,(H2,20,21,22). The Labute approximate surface area is 134 Å².